The molecule has 0 aliphatic rings. The van der Waals surface area contributed by atoms with Crippen LogP contribution in [0, 0.1) is 5.92 Å². The fraction of sp³-hybridized carbons (Fsp3) is 0.455. The Morgan fingerprint density at radius 1 is 1.14 bits per heavy atom. The van der Waals surface area contributed by atoms with Gasteiger partial charge < -0.3 is 20.1 Å². The van der Waals surface area contributed by atoms with Crippen molar-refractivity contribution < 1.29 is 9.47 Å². The molecule has 1 heterocycles. The molecule has 0 saturated heterocycles. The summed E-state index contributed by atoms with van der Waals surface area (Å²) < 4.78 is 11.4. The Morgan fingerprint density at radius 2 is 2.04 bits per heavy atom. The summed E-state index contributed by atoms with van der Waals surface area (Å²) in [4.78, 5) is 8.53. The molecule has 0 radical (unpaired) electrons. The second-order valence-electron chi connectivity index (χ2n) is 6.93. The minimum Gasteiger partial charge on any atom is -0.487 e. The van der Waals surface area contributed by atoms with Gasteiger partial charge in [-0.05, 0) is 42.2 Å². The predicted molar refractivity (Wildman–Crippen MR) is 113 cm³/mol. The van der Waals surface area contributed by atoms with Crippen molar-refractivity contribution in [2.24, 2.45) is 10.9 Å². The molecular formula is C22H32N4O2. The second kappa shape index (κ2) is 12.7. The third-order valence-electron chi connectivity index (χ3n) is 3.90. The number of rotatable bonds is 11. The molecule has 28 heavy (non-hydrogen) atoms. The van der Waals surface area contributed by atoms with Crippen LogP contribution >= 0.6 is 0 Å². The first-order chi connectivity index (χ1) is 13.7. The Morgan fingerprint density at radius 3 is 2.79 bits per heavy atom. The predicted octanol–water partition coefficient (Wildman–Crippen LogP) is 3.39. The normalized spacial score (nSPS) is 11.5. The van der Waals surface area contributed by atoms with E-state index in [1.54, 1.807) is 13.2 Å². The van der Waals surface area contributed by atoms with Crippen molar-refractivity contribution in [1.82, 2.24) is 15.6 Å². The van der Waals surface area contributed by atoms with Gasteiger partial charge in [-0.15, -0.1) is 0 Å². The largest absolute Gasteiger partial charge is 0.487 e. The van der Waals surface area contributed by atoms with E-state index in [2.05, 4.69) is 40.5 Å². The van der Waals surface area contributed by atoms with Crippen LogP contribution < -0.4 is 15.4 Å². The van der Waals surface area contributed by atoms with Crippen LogP contribution in [0.25, 0.3) is 0 Å². The molecule has 152 valence electrons. The van der Waals surface area contributed by atoms with E-state index in [-0.39, 0.29) is 0 Å². The van der Waals surface area contributed by atoms with E-state index in [1.807, 2.05) is 36.4 Å². The summed E-state index contributed by atoms with van der Waals surface area (Å²) in [7, 11) is 1.77. The Balaban J connectivity index is 1.70. The monoisotopic (exact) mass is 384 g/mol. The molecule has 1 aromatic carbocycles. The first-order valence-corrected chi connectivity index (χ1v) is 9.81. The number of guanidine groups is 1. The maximum Gasteiger partial charge on any atom is 0.191 e. The van der Waals surface area contributed by atoms with Gasteiger partial charge in [-0.3, -0.25) is 9.98 Å². The van der Waals surface area contributed by atoms with Crippen LogP contribution in [0.1, 0.15) is 31.5 Å². The third-order valence-corrected chi connectivity index (χ3v) is 3.90. The molecule has 0 bridgehead atoms. The Bertz CT molecular complexity index is 705. The molecule has 1 aromatic heterocycles. The van der Waals surface area contributed by atoms with Crippen molar-refractivity contribution >= 4 is 5.96 Å². The number of hydrogen-bond acceptors (Lipinski definition) is 4. The molecule has 0 spiro atoms. The Hall–Kier alpha value is -2.60. The number of nitrogens with zero attached hydrogens (tertiary/aromatic N) is 2. The maximum absolute atomic E-state index is 5.83. The van der Waals surface area contributed by atoms with E-state index in [9.17, 15) is 0 Å². The van der Waals surface area contributed by atoms with Crippen LogP contribution in [-0.2, 0) is 17.9 Å². The zero-order valence-electron chi connectivity index (χ0n) is 17.1. The topological polar surface area (TPSA) is 67.8 Å². The van der Waals surface area contributed by atoms with Crippen molar-refractivity contribution in [1.29, 1.82) is 0 Å². The molecule has 0 saturated carbocycles. The van der Waals surface area contributed by atoms with E-state index >= 15 is 0 Å². The lowest BCUT2D eigenvalue weighted by Gasteiger charge is -2.13. The summed E-state index contributed by atoms with van der Waals surface area (Å²) in [6.45, 7) is 7.84. The van der Waals surface area contributed by atoms with E-state index in [1.165, 1.54) is 0 Å². The summed E-state index contributed by atoms with van der Waals surface area (Å²) in [5.74, 6) is 2.19. The molecule has 0 unspecified atom stereocenters. The number of nitrogens with one attached hydrogen (secondary N) is 2. The summed E-state index contributed by atoms with van der Waals surface area (Å²) in [5, 5.41) is 6.63. The lowest BCUT2D eigenvalue weighted by atomic mass is 10.2. The van der Waals surface area contributed by atoms with Crippen molar-refractivity contribution in [3.05, 3.63) is 59.9 Å². The van der Waals surface area contributed by atoms with Gasteiger partial charge in [0.05, 0.1) is 5.69 Å². The van der Waals surface area contributed by atoms with Gasteiger partial charge in [0.2, 0.25) is 0 Å². The Labute approximate surface area is 168 Å². The van der Waals surface area contributed by atoms with Crippen molar-refractivity contribution in [2.45, 2.75) is 33.4 Å². The third kappa shape index (κ3) is 8.86. The van der Waals surface area contributed by atoms with Gasteiger partial charge in [-0.2, -0.15) is 0 Å². The van der Waals surface area contributed by atoms with Crippen molar-refractivity contribution in [3.8, 4) is 5.75 Å². The lowest BCUT2D eigenvalue weighted by molar-refractivity contribution is 0.108. The first kappa shape index (κ1) is 21.7. The highest BCUT2D eigenvalue weighted by Crippen LogP contribution is 2.14. The van der Waals surface area contributed by atoms with Crippen LogP contribution in [0.3, 0.4) is 0 Å². The molecule has 2 aromatic rings. The quantitative estimate of drug-likeness (QED) is 0.353. The minimum atomic E-state index is 0.458. The lowest BCUT2D eigenvalue weighted by Crippen LogP contribution is -2.37. The fourth-order valence-electron chi connectivity index (χ4n) is 2.49. The van der Waals surface area contributed by atoms with Crippen LogP contribution in [0.2, 0.25) is 0 Å². The molecule has 0 amide bonds. The molecular weight excluding hydrogens is 352 g/mol. The highest BCUT2D eigenvalue weighted by molar-refractivity contribution is 5.79. The van der Waals surface area contributed by atoms with Gasteiger partial charge in [-0.25, -0.2) is 0 Å². The number of ether oxygens (including phenoxy) is 2. The standard InChI is InChI=1S/C22H32N4O2/c1-18(2)16-27-13-7-12-25-22(23-3)26-15-19-8-6-10-21(14-19)28-17-20-9-4-5-11-24-20/h4-6,8-11,14,18H,7,12-13,15-17H2,1-3H3,(H2,23,25,26). The van der Waals surface area contributed by atoms with Crippen LogP contribution in [0.5, 0.6) is 5.75 Å². The van der Waals surface area contributed by atoms with Crippen molar-refractivity contribution in [2.75, 3.05) is 26.8 Å². The maximum atomic E-state index is 5.83. The fourth-order valence-corrected chi connectivity index (χ4v) is 2.49. The van der Waals surface area contributed by atoms with E-state index in [4.69, 9.17) is 9.47 Å². The number of hydrogen-bond donors (Lipinski definition) is 2. The highest BCUT2D eigenvalue weighted by Gasteiger charge is 2.02. The van der Waals surface area contributed by atoms with Gasteiger partial charge in [-0.1, -0.05) is 32.0 Å². The Kier molecular flexibility index (Phi) is 9.86. The molecule has 0 aliphatic heterocycles. The van der Waals surface area contributed by atoms with Gasteiger partial charge in [0.25, 0.3) is 0 Å². The summed E-state index contributed by atoms with van der Waals surface area (Å²) in [6.07, 6.45) is 2.72. The molecule has 2 N–H and O–H groups in total. The van der Waals surface area contributed by atoms with E-state index in [0.29, 0.717) is 19.1 Å². The van der Waals surface area contributed by atoms with Crippen LogP contribution in [-0.4, -0.2) is 37.7 Å². The zero-order valence-corrected chi connectivity index (χ0v) is 17.1. The number of aromatic nitrogens is 1. The SMILES string of the molecule is CN=C(NCCCOCC(C)C)NCc1cccc(OCc2ccccn2)c1. The average molecular weight is 385 g/mol. The highest BCUT2D eigenvalue weighted by atomic mass is 16.5. The number of pyridine rings is 1. The van der Waals surface area contributed by atoms with Crippen LogP contribution in [0.4, 0.5) is 0 Å². The molecule has 0 atom stereocenters. The van der Waals surface area contributed by atoms with Gasteiger partial charge >= 0.3 is 0 Å². The molecule has 0 aliphatic carbocycles. The molecule has 6 nitrogen and oxygen atoms in total. The number of aliphatic imine (C=N–C) groups is 1. The summed E-state index contributed by atoms with van der Waals surface area (Å²) in [5.41, 5.74) is 2.04. The smallest absolute Gasteiger partial charge is 0.191 e. The minimum absolute atomic E-state index is 0.458. The van der Waals surface area contributed by atoms with Crippen LogP contribution in [0.15, 0.2) is 53.7 Å². The number of benzene rings is 1. The molecule has 6 heteroatoms. The van der Waals surface area contributed by atoms with Gasteiger partial charge in [0, 0.05) is 39.5 Å². The molecule has 0 fully saturated rings. The second-order valence-corrected chi connectivity index (χ2v) is 6.93. The summed E-state index contributed by atoms with van der Waals surface area (Å²) in [6, 6.07) is 13.9. The van der Waals surface area contributed by atoms with Gasteiger partial charge in [0.15, 0.2) is 5.96 Å². The summed E-state index contributed by atoms with van der Waals surface area (Å²) >= 11 is 0. The van der Waals surface area contributed by atoms with Crippen molar-refractivity contribution in [3.63, 3.8) is 0 Å². The van der Waals surface area contributed by atoms with E-state index < -0.39 is 0 Å². The zero-order chi connectivity index (χ0) is 20.0. The molecule has 2 rings (SSSR count). The average Bonchev–Trinajstić information content (AvgIpc) is 2.72. The van der Waals surface area contributed by atoms with E-state index in [0.717, 1.165) is 49.1 Å². The van der Waals surface area contributed by atoms with Gasteiger partial charge in [0.1, 0.15) is 12.4 Å². The first-order valence-electron chi connectivity index (χ1n) is 9.81.